The van der Waals surface area contributed by atoms with E-state index in [2.05, 4.69) is 17.0 Å². The molecule has 2 saturated heterocycles. The van der Waals surface area contributed by atoms with Crippen molar-refractivity contribution in [3.63, 3.8) is 0 Å². The predicted molar refractivity (Wildman–Crippen MR) is 138 cm³/mol. The molecular formula is C28H31NO5S. The number of benzene rings is 2. The molecule has 2 aliphatic rings. The summed E-state index contributed by atoms with van der Waals surface area (Å²) in [6.07, 6.45) is 5.79. The standard InChI is InChI=1S/C28H31NO5S/c1-31-21-12-26(32-2)23-14-27(35-28(23)13-21)17-10-18-6-7-19(11-17)29(18)15-20(30)16-34-25-5-3-4-24-22(25)8-9-33-24/h3-5,8-9,12-14,17-20,30H,6-7,10-11,15-16H2,1-2H3/t17?,18?,19?,20-/m0/s1. The van der Waals surface area contributed by atoms with Crippen LogP contribution in [-0.2, 0) is 0 Å². The Morgan fingerprint density at radius 3 is 2.63 bits per heavy atom. The zero-order valence-corrected chi connectivity index (χ0v) is 20.9. The largest absolute Gasteiger partial charge is 0.497 e. The number of methoxy groups -OCH3 is 2. The van der Waals surface area contributed by atoms with Crippen molar-refractivity contribution in [2.24, 2.45) is 0 Å². The highest BCUT2D eigenvalue weighted by atomic mass is 32.1. The Hall–Kier alpha value is -2.74. The summed E-state index contributed by atoms with van der Waals surface area (Å²) in [5.41, 5.74) is 0.800. The first-order valence-corrected chi connectivity index (χ1v) is 13.1. The van der Waals surface area contributed by atoms with Gasteiger partial charge in [-0.05, 0) is 61.9 Å². The molecule has 0 aliphatic carbocycles. The molecule has 6 rings (SSSR count). The van der Waals surface area contributed by atoms with E-state index in [4.69, 9.17) is 18.6 Å². The third kappa shape index (κ3) is 4.26. The Morgan fingerprint density at radius 1 is 1.03 bits per heavy atom. The minimum Gasteiger partial charge on any atom is -0.497 e. The Morgan fingerprint density at radius 2 is 1.86 bits per heavy atom. The second-order valence-corrected chi connectivity index (χ2v) is 10.8. The number of aliphatic hydroxyl groups is 1. The SMILES string of the molecule is COc1cc(OC)c2cc(C3CC4CCC(C3)N4C[C@H](O)COc3cccc4occc34)sc2c1. The van der Waals surface area contributed by atoms with Gasteiger partial charge in [0.1, 0.15) is 35.5 Å². The maximum absolute atomic E-state index is 10.8. The highest BCUT2D eigenvalue weighted by Crippen LogP contribution is 2.47. The highest BCUT2D eigenvalue weighted by Gasteiger charge is 2.42. The molecule has 2 unspecified atom stereocenters. The third-order valence-electron chi connectivity index (χ3n) is 7.64. The van der Waals surface area contributed by atoms with Crippen molar-refractivity contribution >= 4 is 32.4 Å². The topological polar surface area (TPSA) is 64.3 Å². The summed E-state index contributed by atoms with van der Waals surface area (Å²) >= 11 is 1.86. The van der Waals surface area contributed by atoms with Crippen molar-refractivity contribution in [1.29, 1.82) is 0 Å². The molecule has 0 spiro atoms. The molecule has 2 fully saturated rings. The number of thiophene rings is 1. The number of piperidine rings is 1. The molecule has 2 aromatic carbocycles. The third-order valence-corrected chi connectivity index (χ3v) is 8.89. The van der Waals surface area contributed by atoms with Gasteiger partial charge in [-0.1, -0.05) is 6.07 Å². The van der Waals surface area contributed by atoms with E-state index in [9.17, 15) is 5.11 Å². The van der Waals surface area contributed by atoms with E-state index < -0.39 is 6.10 Å². The number of aliphatic hydroxyl groups excluding tert-OH is 1. The molecule has 4 aromatic rings. The average Bonchev–Trinajstić information content (AvgIpc) is 3.58. The van der Waals surface area contributed by atoms with E-state index in [0.29, 0.717) is 24.5 Å². The fourth-order valence-electron chi connectivity index (χ4n) is 5.97. The Labute approximate surface area is 209 Å². The summed E-state index contributed by atoms with van der Waals surface area (Å²) in [5, 5.41) is 12.9. The molecule has 2 bridgehead atoms. The van der Waals surface area contributed by atoms with Crippen LogP contribution in [0.5, 0.6) is 17.2 Å². The van der Waals surface area contributed by atoms with Crippen LogP contribution in [0.4, 0.5) is 0 Å². The van der Waals surface area contributed by atoms with Gasteiger partial charge in [-0.2, -0.15) is 0 Å². The number of furan rings is 1. The van der Waals surface area contributed by atoms with E-state index in [0.717, 1.165) is 41.1 Å². The van der Waals surface area contributed by atoms with E-state index in [1.807, 2.05) is 41.7 Å². The number of hydrogen-bond acceptors (Lipinski definition) is 7. The van der Waals surface area contributed by atoms with Gasteiger partial charge in [0.15, 0.2) is 0 Å². The van der Waals surface area contributed by atoms with Gasteiger partial charge in [0.25, 0.3) is 0 Å². The van der Waals surface area contributed by atoms with Crippen LogP contribution < -0.4 is 14.2 Å². The van der Waals surface area contributed by atoms with E-state index in [-0.39, 0.29) is 6.61 Å². The second-order valence-electron chi connectivity index (χ2n) is 9.69. The van der Waals surface area contributed by atoms with Gasteiger partial charge in [-0.3, -0.25) is 4.90 Å². The minimum atomic E-state index is -0.530. The number of rotatable bonds is 8. The highest BCUT2D eigenvalue weighted by molar-refractivity contribution is 7.19. The van der Waals surface area contributed by atoms with Crippen LogP contribution in [0.2, 0.25) is 0 Å². The van der Waals surface area contributed by atoms with Crippen molar-refractivity contribution < 1.29 is 23.7 Å². The zero-order chi connectivity index (χ0) is 23.9. The summed E-state index contributed by atoms with van der Waals surface area (Å²) < 4.78 is 23.7. The first-order chi connectivity index (χ1) is 17.1. The monoisotopic (exact) mass is 493 g/mol. The van der Waals surface area contributed by atoms with Gasteiger partial charge in [0.05, 0.1) is 25.9 Å². The number of ether oxygens (including phenoxy) is 3. The maximum atomic E-state index is 10.8. The van der Waals surface area contributed by atoms with Crippen LogP contribution in [0.3, 0.4) is 0 Å². The molecule has 0 radical (unpaired) electrons. The zero-order valence-electron chi connectivity index (χ0n) is 20.1. The van der Waals surface area contributed by atoms with Gasteiger partial charge in [-0.25, -0.2) is 0 Å². The summed E-state index contributed by atoms with van der Waals surface area (Å²) in [5.74, 6) is 3.01. The number of nitrogens with zero attached hydrogens (tertiary/aromatic N) is 1. The summed E-state index contributed by atoms with van der Waals surface area (Å²) in [7, 11) is 3.41. The van der Waals surface area contributed by atoms with Crippen LogP contribution >= 0.6 is 11.3 Å². The van der Waals surface area contributed by atoms with Crippen molar-refractivity contribution in [1.82, 2.24) is 4.90 Å². The van der Waals surface area contributed by atoms with Crippen LogP contribution in [0.1, 0.15) is 36.5 Å². The van der Waals surface area contributed by atoms with E-state index in [1.165, 1.54) is 27.8 Å². The van der Waals surface area contributed by atoms with Gasteiger partial charge in [0.2, 0.25) is 0 Å². The molecule has 1 N–H and O–H groups in total. The van der Waals surface area contributed by atoms with Crippen LogP contribution in [-0.4, -0.2) is 55.6 Å². The molecule has 0 saturated carbocycles. The molecular weight excluding hydrogens is 462 g/mol. The van der Waals surface area contributed by atoms with E-state index in [1.54, 1.807) is 20.5 Å². The molecule has 184 valence electrons. The molecule has 2 aromatic heterocycles. The summed E-state index contributed by atoms with van der Waals surface area (Å²) in [6.45, 7) is 0.933. The molecule has 3 atom stereocenters. The van der Waals surface area contributed by atoms with E-state index >= 15 is 0 Å². The minimum absolute atomic E-state index is 0.279. The van der Waals surface area contributed by atoms with Crippen LogP contribution in [0, 0.1) is 0 Å². The van der Waals surface area contributed by atoms with Crippen molar-refractivity contribution in [2.75, 3.05) is 27.4 Å². The lowest BCUT2D eigenvalue weighted by Gasteiger charge is -2.39. The number of hydrogen-bond donors (Lipinski definition) is 1. The van der Waals surface area contributed by atoms with Gasteiger partial charge < -0.3 is 23.7 Å². The van der Waals surface area contributed by atoms with Gasteiger partial charge in [-0.15, -0.1) is 11.3 Å². The average molecular weight is 494 g/mol. The Balaban J connectivity index is 1.12. The summed E-state index contributed by atoms with van der Waals surface area (Å²) in [6, 6.07) is 15.1. The Bertz CT molecular complexity index is 1320. The van der Waals surface area contributed by atoms with Gasteiger partial charge >= 0.3 is 0 Å². The molecule has 7 heteroatoms. The quantitative estimate of drug-likeness (QED) is 0.334. The van der Waals surface area contributed by atoms with Crippen molar-refractivity contribution in [2.45, 2.75) is 49.8 Å². The van der Waals surface area contributed by atoms with Crippen LogP contribution in [0.25, 0.3) is 21.1 Å². The predicted octanol–water partition coefficient (Wildman–Crippen LogP) is 5.82. The Kier molecular flexibility index (Phi) is 6.08. The van der Waals surface area contributed by atoms with Crippen molar-refractivity contribution in [3.8, 4) is 17.2 Å². The fraction of sp³-hybridized carbons (Fsp3) is 0.429. The molecule has 4 heterocycles. The molecule has 6 nitrogen and oxygen atoms in total. The maximum Gasteiger partial charge on any atom is 0.137 e. The first-order valence-electron chi connectivity index (χ1n) is 12.3. The van der Waals surface area contributed by atoms with Gasteiger partial charge in [0, 0.05) is 39.7 Å². The normalized spacial score (nSPS) is 23.1. The molecule has 0 amide bonds. The summed E-state index contributed by atoms with van der Waals surface area (Å²) in [4.78, 5) is 3.96. The fourth-order valence-corrected chi connectivity index (χ4v) is 7.20. The number of fused-ring (bicyclic) bond motifs is 4. The molecule has 2 aliphatic heterocycles. The van der Waals surface area contributed by atoms with Crippen LogP contribution in [0.15, 0.2) is 53.1 Å². The smallest absolute Gasteiger partial charge is 0.137 e. The lowest BCUT2D eigenvalue weighted by molar-refractivity contribution is 0.0323. The lowest BCUT2D eigenvalue weighted by atomic mass is 9.89. The first kappa shape index (κ1) is 22.7. The lowest BCUT2D eigenvalue weighted by Crippen LogP contribution is -2.47. The second kappa shape index (κ2) is 9.37. The van der Waals surface area contributed by atoms with Crippen molar-refractivity contribution in [3.05, 3.63) is 53.6 Å². The molecule has 35 heavy (non-hydrogen) atoms.